The highest BCUT2D eigenvalue weighted by Crippen LogP contribution is 2.05. The van der Waals surface area contributed by atoms with Gasteiger partial charge in [-0.1, -0.05) is 5.16 Å². The predicted molar refractivity (Wildman–Crippen MR) is 58.9 cm³/mol. The van der Waals surface area contributed by atoms with Crippen molar-refractivity contribution in [3.8, 4) is 0 Å². The van der Waals surface area contributed by atoms with Crippen LogP contribution in [0.25, 0.3) is 0 Å². The van der Waals surface area contributed by atoms with E-state index in [9.17, 15) is 0 Å². The number of rotatable bonds is 6. The fourth-order valence-electron chi connectivity index (χ4n) is 1.30. The Kier molecular flexibility index (Phi) is 3.87. The third kappa shape index (κ3) is 3.45. The summed E-state index contributed by atoms with van der Waals surface area (Å²) in [6, 6.07) is 2.16. The zero-order valence-electron chi connectivity index (χ0n) is 8.35. The van der Waals surface area contributed by atoms with E-state index in [4.69, 9.17) is 0 Å². The Labute approximate surface area is 92.3 Å². The van der Waals surface area contributed by atoms with Crippen molar-refractivity contribution < 1.29 is 4.52 Å². The first kappa shape index (κ1) is 10.3. The van der Waals surface area contributed by atoms with E-state index in [1.165, 1.54) is 12.0 Å². The van der Waals surface area contributed by atoms with Crippen molar-refractivity contribution in [3.05, 3.63) is 34.6 Å². The van der Waals surface area contributed by atoms with Crippen molar-refractivity contribution in [2.75, 3.05) is 13.1 Å². The lowest BCUT2D eigenvalue weighted by Crippen LogP contribution is -2.20. The first-order valence-corrected chi connectivity index (χ1v) is 5.86. The molecule has 0 aliphatic heterocycles. The zero-order chi connectivity index (χ0) is 10.3. The van der Waals surface area contributed by atoms with Gasteiger partial charge in [-0.2, -0.15) is 16.3 Å². The molecule has 0 unspecified atom stereocenters. The van der Waals surface area contributed by atoms with E-state index in [1.54, 1.807) is 11.3 Å². The lowest BCUT2D eigenvalue weighted by Gasteiger charge is -2.00. The van der Waals surface area contributed by atoms with Gasteiger partial charge in [-0.15, -0.1) is 0 Å². The summed E-state index contributed by atoms with van der Waals surface area (Å²) in [5.41, 5.74) is 1.40. The van der Waals surface area contributed by atoms with Gasteiger partial charge in [0.25, 0.3) is 0 Å². The van der Waals surface area contributed by atoms with Gasteiger partial charge in [0.15, 0.2) is 5.82 Å². The summed E-state index contributed by atoms with van der Waals surface area (Å²) >= 11 is 1.74. The molecular weight excluding hydrogens is 210 g/mol. The predicted octanol–water partition coefficient (Wildman–Crippen LogP) is 1.51. The van der Waals surface area contributed by atoms with Crippen LogP contribution >= 0.6 is 11.3 Å². The van der Waals surface area contributed by atoms with E-state index < -0.39 is 0 Å². The van der Waals surface area contributed by atoms with Crippen LogP contribution in [0.1, 0.15) is 11.4 Å². The van der Waals surface area contributed by atoms with Crippen LogP contribution in [0.15, 0.2) is 27.7 Å². The van der Waals surface area contributed by atoms with Crippen molar-refractivity contribution in [2.24, 2.45) is 0 Å². The summed E-state index contributed by atoms with van der Waals surface area (Å²) in [5.74, 6) is 0.762. The molecule has 0 aliphatic rings. The molecule has 0 fully saturated rings. The number of aromatic nitrogens is 2. The average molecular weight is 223 g/mol. The molecule has 15 heavy (non-hydrogen) atoms. The molecule has 0 saturated heterocycles. The van der Waals surface area contributed by atoms with Crippen LogP contribution in [0.3, 0.4) is 0 Å². The van der Waals surface area contributed by atoms with Gasteiger partial charge in [-0.3, -0.25) is 0 Å². The van der Waals surface area contributed by atoms with Crippen molar-refractivity contribution in [3.63, 3.8) is 0 Å². The first-order chi connectivity index (χ1) is 7.45. The van der Waals surface area contributed by atoms with Crippen LogP contribution in [0.5, 0.6) is 0 Å². The van der Waals surface area contributed by atoms with Gasteiger partial charge >= 0.3 is 0 Å². The second-order valence-corrected chi connectivity index (χ2v) is 4.01. The highest BCUT2D eigenvalue weighted by molar-refractivity contribution is 7.07. The zero-order valence-corrected chi connectivity index (χ0v) is 9.17. The molecule has 4 nitrogen and oxygen atoms in total. The highest BCUT2D eigenvalue weighted by atomic mass is 32.1. The van der Waals surface area contributed by atoms with Crippen molar-refractivity contribution in [1.29, 1.82) is 0 Å². The Morgan fingerprint density at radius 3 is 3.00 bits per heavy atom. The van der Waals surface area contributed by atoms with Crippen LogP contribution in [0.4, 0.5) is 0 Å². The van der Waals surface area contributed by atoms with Gasteiger partial charge in [0.2, 0.25) is 6.39 Å². The van der Waals surface area contributed by atoms with E-state index in [0.29, 0.717) is 0 Å². The summed E-state index contributed by atoms with van der Waals surface area (Å²) < 4.78 is 4.64. The van der Waals surface area contributed by atoms with Crippen LogP contribution in [-0.2, 0) is 12.8 Å². The second-order valence-electron chi connectivity index (χ2n) is 3.23. The highest BCUT2D eigenvalue weighted by Gasteiger charge is 1.97. The Bertz CT molecular complexity index is 322. The number of nitrogens with one attached hydrogen (secondary N) is 1. The Morgan fingerprint density at radius 1 is 1.33 bits per heavy atom. The van der Waals surface area contributed by atoms with Gasteiger partial charge in [0.05, 0.1) is 0 Å². The fraction of sp³-hybridized carbons (Fsp3) is 0.400. The van der Waals surface area contributed by atoms with Crippen molar-refractivity contribution in [2.45, 2.75) is 12.8 Å². The molecular formula is C10H13N3OS. The minimum absolute atomic E-state index is 0.762. The van der Waals surface area contributed by atoms with E-state index >= 15 is 0 Å². The molecule has 0 atom stereocenters. The first-order valence-electron chi connectivity index (χ1n) is 4.92. The summed E-state index contributed by atoms with van der Waals surface area (Å²) in [7, 11) is 0. The van der Waals surface area contributed by atoms with E-state index in [1.807, 2.05) is 0 Å². The average Bonchev–Trinajstić information content (AvgIpc) is 2.88. The van der Waals surface area contributed by atoms with E-state index in [2.05, 4.69) is 36.8 Å². The molecule has 2 rings (SSSR count). The summed E-state index contributed by atoms with van der Waals surface area (Å²) in [4.78, 5) is 3.95. The van der Waals surface area contributed by atoms with Gasteiger partial charge in [0.1, 0.15) is 0 Å². The summed E-state index contributed by atoms with van der Waals surface area (Å²) in [5, 5.41) is 11.4. The summed E-state index contributed by atoms with van der Waals surface area (Å²) in [6.07, 6.45) is 3.26. The maximum atomic E-state index is 4.64. The number of thiophene rings is 1. The molecule has 0 saturated carbocycles. The molecule has 0 aliphatic carbocycles. The largest absolute Gasteiger partial charge is 0.343 e. The third-order valence-corrected chi connectivity index (χ3v) is 2.83. The molecule has 0 radical (unpaired) electrons. The smallest absolute Gasteiger partial charge is 0.213 e. The molecule has 80 valence electrons. The molecule has 1 N–H and O–H groups in total. The van der Waals surface area contributed by atoms with Crippen LogP contribution in [0.2, 0.25) is 0 Å². The molecule has 2 heterocycles. The minimum atomic E-state index is 0.762. The van der Waals surface area contributed by atoms with Crippen molar-refractivity contribution in [1.82, 2.24) is 15.5 Å². The Balaban J connectivity index is 1.56. The van der Waals surface area contributed by atoms with Crippen molar-refractivity contribution >= 4 is 11.3 Å². The quantitative estimate of drug-likeness (QED) is 0.754. The maximum Gasteiger partial charge on any atom is 0.213 e. The van der Waals surface area contributed by atoms with Crippen LogP contribution in [0, 0.1) is 0 Å². The Hall–Kier alpha value is -1.20. The third-order valence-electron chi connectivity index (χ3n) is 2.10. The topological polar surface area (TPSA) is 51.0 Å². The molecule has 0 bridgehead atoms. The monoisotopic (exact) mass is 223 g/mol. The molecule has 2 aromatic rings. The van der Waals surface area contributed by atoms with E-state index in [0.717, 1.165) is 31.8 Å². The normalized spacial score (nSPS) is 10.7. The number of hydrogen-bond acceptors (Lipinski definition) is 5. The minimum Gasteiger partial charge on any atom is -0.343 e. The molecule has 5 heteroatoms. The molecule has 0 spiro atoms. The van der Waals surface area contributed by atoms with E-state index in [-0.39, 0.29) is 0 Å². The summed E-state index contributed by atoms with van der Waals surface area (Å²) in [6.45, 7) is 1.89. The number of hydrogen-bond donors (Lipinski definition) is 1. The molecule has 0 amide bonds. The second kappa shape index (κ2) is 5.63. The SMILES string of the molecule is c1nc(CCNCCc2ccsc2)no1. The van der Waals surface area contributed by atoms with Gasteiger partial charge in [0, 0.05) is 13.0 Å². The lowest BCUT2D eigenvalue weighted by molar-refractivity contribution is 0.409. The van der Waals surface area contributed by atoms with Crippen LogP contribution in [-0.4, -0.2) is 23.2 Å². The Morgan fingerprint density at radius 2 is 2.27 bits per heavy atom. The number of nitrogens with zero attached hydrogens (tertiary/aromatic N) is 2. The molecule has 0 aromatic carbocycles. The molecule has 2 aromatic heterocycles. The van der Waals surface area contributed by atoms with Gasteiger partial charge in [-0.05, 0) is 35.4 Å². The van der Waals surface area contributed by atoms with Gasteiger partial charge in [-0.25, -0.2) is 0 Å². The fourth-order valence-corrected chi connectivity index (χ4v) is 2.00. The standard InChI is InChI=1S/C10H13N3OS/c1(9-3-6-15-7-9)4-11-5-2-10-12-8-14-13-10/h3,6-8,11H,1-2,4-5H2. The maximum absolute atomic E-state index is 4.64. The lowest BCUT2D eigenvalue weighted by atomic mass is 10.2. The van der Waals surface area contributed by atoms with Crippen LogP contribution < -0.4 is 5.32 Å². The van der Waals surface area contributed by atoms with Gasteiger partial charge < -0.3 is 9.84 Å².